The Morgan fingerprint density at radius 2 is 1.66 bits per heavy atom. The Hall–Kier alpha value is -3.67. The number of carbonyl (C=O) groups excluding carboxylic acids is 1. The molecule has 4 aromatic rings. The highest BCUT2D eigenvalue weighted by molar-refractivity contribution is 5.98. The number of imidazole rings is 1. The van der Waals surface area contributed by atoms with Crippen LogP contribution in [0, 0.1) is 0 Å². The Kier molecular flexibility index (Phi) is 5.83. The molecule has 0 spiro atoms. The van der Waals surface area contributed by atoms with E-state index in [1.165, 1.54) is 12.0 Å². The van der Waals surface area contributed by atoms with Crippen LogP contribution in [0.2, 0.25) is 0 Å². The second-order valence-corrected chi connectivity index (χ2v) is 8.28. The van der Waals surface area contributed by atoms with Crippen molar-refractivity contribution in [3.63, 3.8) is 0 Å². The second-order valence-electron chi connectivity index (χ2n) is 8.28. The summed E-state index contributed by atoms with van der Waals surface area (Å²) in [5.41, 5.74) is 5.05. The average molecular weight is 426 g/mol. The van der Waals surface area contributed by atoms with Gasteiger partial charge < -0.3 is 14.8 Å². The van der Waals surface area contributed by atoms with Gasteiger partial charge >= 0.3 is 0 Å². The van der Waals surface area contributed by atoms with Gasteiger partial charge in [-0.3, -0.25) is 4.79 Å². The van der Waals surface area contributed by atoms with Crippen molar-refractivity contribution in [1.29, 1.82) is 0 Å². The van der Waals surface area contributed by atoms with Crippen molar-refractivity contribution in [2.45, 2.75) is 32.4 Å². The molecular formula is C26H27N5O. The third kappa shape index (κ3) is 4.35. The van der Waals surface area contributed by atoms with Gasteiger partial charge in [0.1, 0.15) is 5.82 Å². The maximum absolute atomic E-state index is 12.9. The molecule has 6 nitrogen and oxygen atoms in total. The summed E-state index contributed by atoms with van der Waals surface area (Å²) in [6.45, 7) is 3.18. The van der Waals surface area contributed by atoms with Gasteiger partial charge in [-0.05, 0) is 54.7 Å². The molecule has 1 N–H and O–H groups in total. The molecule has 0 aliphatic carbocycles. The summed E-state index contributed by atoms with van der Waals surface area (Å²) in [5, 5.41) is 3.06. The number of piperidine rings is 1. The number of amides is 1. The second kappa shape index (κ2) is 9.22. The highest BCUT2D eigenvalue weighted by Gasteiger charge is 2.19. The van der Waals surface area contributed by atoms with Gasteiger partial charge in [-0.15, -0.1) is 0 Å². The average Bonchev–Trinajstić information content (AvgIpc) is 3.27. The summed E-state index contributed by atoms with van der Waals surface area (Å²) in [6.07, 6.45) is 7.20. The van der Waals surface area contributed by atoms with Crippen molar-refractivity contribution in [2.24, 2.45) is 0 Å². The number of nitrogens with zero attached hydrogens (tertiary/aromatic N) is 4. The standard InChI is InChI=1S/C26H27N5O/c32-26(22-7-6-14-27-25(22)30-15-4-1-5-16-30)28-17-20-10-12-21(13-11-20)18-31-19-29-23-8-2-3-9-24(23)31/h2-3,6-14,19H,1,4-5,15-18H2,(H,28,32). The Morgan fingerprint density at radius 1 is 0.875 bits per heavy atom. The van der Waals surface area contributed by atoms with E-state index >= 15 is 0 Å². The van der Waals surface area contributed by atoms with Gasteiger partial charge in [-0.25, -0.2) is 9.97 Å². The van der Waals surface area contributed by atoms with Crippen molar-refractivity contribution in [3.05, 3.63) is 89.9 Å². The molecule has 5 rings (SSSR count). The van der Waals surface area contributed by atoms with Crippen LogP contribution in [0.3, 0.4) is 0 Å². The van der Waals surface area contributed by atoms with E-state index in [9.17, 15) is 4.79 Å². The van der Waals surface area contributed by atoms with E-state index < -0.39 is 0 Å². The highest BCUT2D eigenvalue weighted by atomic mass is 16.1. The predicted octanol–water partition coefficient (Wildman–Crippen LogP) is 4.40. The molecule has 32 heavy (non-hydrogen) atoms. The minimum absolute atomic E-state index is 0.0763. The zero-order valence-corrected chi connectivity index (χ0v) is 18.1. The molecule has 1 saturated heterocycles. The smallest absolute Gasteiger partial charge is 0.255 e. The fourth-order valence-electron chi connectivity index (χ4n) is 4.30. The Balaban J connectivity index is 1.23. The lowest BCUT2D eigenvalue weighted by Crippen LogP contribution is -2.33. The van der Waals surface area contributed by atoms with Crippen molar-refractivity contribution < 1.29 is 4.79 Å². The fourth-order valence-corrected chi connectivity index (χ4v) is 4.30. The summed E-state index contributed by atoms with van der Waals surface area (Å²) >= 11 is 0. The molecule has 2 aromatic carbocycles. The number of pyridine rings is 1. The number of benzene rings is 2. The largest absolute Gasteiger partial charge is 0.356 e. The van der Waals surface area contributed by atoms with Gasteiger partial charge in [0, 0.05) is 32.4 Å². The molecule has 1 aliphatic heterocycles. The van der Waals surface area contributed by atoms with Gasteiger partial charge in [0.15, 0.2) is 0 Å². The van der Waals surface area contributed by atoms with Crippen LogP contribution < -0.4 is 10.2 Å². The molecule has 162 valence electrons. The zero-order chi connectivity index (χ0) is 21.8. The van der Waals surface area contributed by atoms with E-state index in [-0.39, 0.29) is 5.91 Å². The molecule has 1 aliphatic rings. The number of nitrogens with one attached hydrogen (secondary N) is 1. The maximum Gasteiger partial charge on any atom is 0.255 e. The van der Waals surface area contributed by atoms with E-state index in [2.05, 4.69) is 55.1 Å². The van der Waals surface area contributed by atoms with Gasteiger partial charge in [0.2, 0.25) is 0 Å². The summed E-state index contributed by atoms with van der Waals surface area (Å²) in [5.74, 6) is 0.722. The molecule has 1 amide bonds. The number of hydrogen-bond donors (Lipinski definition) is 1. The highest BCUT2D eigenvalue weighted by Crippen LogP contribution is 2.22. The molecule has 2 aromatic heterocycles. The Morgan fingerprint density at radius 3 is 2.50 bits per heavy atom. The van der Waals surface area contributed by atoms with E-state index in [1.807, 2.05) is 36.7 Å². The maximum atomic E-state index is 12.9. The molecular weight excluding hydrogens is 398 g/mol. The van der Waals surface area contributed by atoms with Crippen LogP contribution in [0.15, 0.2) is 73.2 Å². The number of rotatable bonds is 6. The normalized spacial score (nSPS) is 13.9. The molecule has 6 heteroatoms. The topological polar surface area (TPSA) is 63.1 Å². The minimum Gasteiger partial charge on any atom is -0.356 e. The summed E-state index contributed by atoms with van der Waals surface area (Å²) < 4.78 is 2.15. The minimum atomic E-state index is -0.0763. The number of aromatic nitrogens is 3. The van der Waals surface area contributed by atoms with Crippen molar-refractivity contribution in [1.82, 2.24) is 19.9 Å². The monoisotopic (exact) mass is 425 g/mol. The van der Waals surface area contributed by atoms with E-state index in [0.717, 1.165) is 54.9 Å². The first-order chi connectivity index (χ1) is 15.8. The summed E-state index contributed by atoms with van der Waals surface area (Å²) in [7, 11) is 0. The van der Waals surface area contributed by atoms with Gasteiger partial charge in [0.05, 0.1) is 22.9 Å². The van der Waals surface area contributed by atoms with E-state index in [4.69, 9.17) is 0 Å². The molecule has 0 radical (unpaired) electrons. The van der Waals surface area contributed by atoms with Crippen molar-refractivity contribution in [3.8, 4) is 0 Å². The lowest BCUT2D eigenvalue weighted by atomic mass is 10.1. The van der Waals surface area contributed by atoms with Crippen LogP contribution in [0.4, 0.5) is 5.82 Å². The van der Waals surface area contributed by atoms with Gasteiger partial charge in [-0.1, -0.05) is 36.4 Å². The zero-order valence-electron chi connectivity index (χ0n) is 18.1. The van der Waals surface area contributed by atoms with Crippen LogP contribution in [0.1, 0.15) is 40.7 Å². The van der Waals surface area contributed by atoms with Crippen LogP contribution >= 0.6 is 0 Å². The number of anilines is 1. The number of para-hydroxylation sites is 2. The first kappa shape index (κ1) is 20.2. The first-order valence-electron chi connectivity index (χ1n) is 11.2. The molecule has 0 saturated carbocycles. The van der Waals surface area contributed by atoms with Gasteiger partial charge in [-0.2, -0.15) is 0 Å². The van der Waals surface area contributed by atoms with Crippen LogP contribution in [-0.2, 0) is 13.1 Å². The van der Waals surface area contributed by atoms with Crippen molar-refractivity contribution in [2.75, 3.05) is 18.0 Å². The third-order valence-electron chi connectivity index (χ3n) is 6.04. The van der Waals surface area contributed by atoms with E-state index in [1.54, 1.807) is 6.20 Å². The molecule has 0 bridgehead atoms. The van der Waals surface area contributed by atoms with E-state index in [0.29, 0.717) is 12.1 Å². The lowest BCUT2D eigenvalue weighted by Gasteiger charge is -2.29. The quantitative estimate of drug-likeness (QED) is 0.497. The molecule has 1 fully saturated rings. The fraction of sp³-hybridized carbons (Fsp3) is 0.269. The predicted molar refractivity (Wildman–Crippen MR) is 127 cm³/mol. The molecule has 3 heterocycles. The lowest BCUT2D eigenvalue weighted by molar-refractivity contribution is 0.0951. The van der Waals surface area contributed by atoms with Crippen LogP contribution in [0.5, 0.6) is 0 Å². The van der Waals surface area contributed by atoms with Crippen molar-refractivity contribution >= 4 is 22.8 Å². The summed E-state index contributed by atoms with van der Waals surface area (Å²) in [6, 6.07) is 20.2. The van der Waals surface area contributed by atoms with Crippen LogP contribution in [-0.4, -0.2) is 33.5 Å². The van der Waals surface area contributed by atoms with Crippen LogP contribution in [0.25, 0.3) is 11.0 Å². The third-order valence-corrected chi connectivity index (χ3v) is 6.04. The number of hydrogen-bond acceptors (Lipinski definition) is 4. The summed E-state index contributed by atoms with van der Waals surface area (Å²) in [4.78, 5) is 24.1. The molecule has 0 unspecified atom stereocenters. The first-order valence-corrected chi connectivity index (χ1v) is 11.2. The number of carbonyl (C=O) groups is 1. The number of fused-ring (bicyclic) bond motifs is 1. The van der Waals surface area contributed by atoms with Gasteiger partial charge in [0.25, 0.3) is 5.91 Å². The Bertz CT molecular complexity index is 1210. The molecule has 0 atom stereocenters. The Labute approximate surface area is 187 Å². The SMILES string of the molecule is O=C(NCc1ccc(Cn2cnc3ccccc32)cc1)c1cccnc1N1CCCCC1.